The summed E-state index contributed by atoms with van der Waals surface area (Å²) in [5.74, 6) is -0.428. The molecule has 2 aromatic carbocycles. The highest BCUT2D eigenvalue weighted by molar-refractivity contribution is 7.92. The number of aryl methyl sites for hydroxylation is 1. The fourth-order valence-electron chi connectivity index (χ4n) is 2.80. The van der Waals surface area contributed by atoms with Gasteiger partial charge < -0.3 is 15.4 Å². The summed E-state index contributed by atoms with van der Waals surface area (Å²) >= 11 is 5.90. The first kappa shape index (κ1) is 20.2. The number of carbonyl (C=O) groups is 2. The molecule has 1 aliphatic heterocycles. The molecule has 2 amide bonds. The maximum absolute atomic E-state index is 12.8. The zero-order valence-corrected chi connectivity index (χ0v) is 16.9. The lowest BCUT2D eigenvalue weighted by Gasteiger charge is -2.19. The molecule has 7 nitrogen and oxygen atoms in total. The van der Waals surface area contributed by atoms with Crippen LogP contribution < -0.4 is 15.4 Å². The van der Waals surface area contributed by atoms with Crippen LogP contribution in [0.25, 0.3) is 0 Å². The number of hydrogen-bond donors (Lipinski definition) is 2. The Morgan fingerprint density at radius 3 is 2.75 bits per heavy atom. The topological polar surface area (TPSA) is 102 Å². The van der Waals surface area contributed by atoms with E-state index in [1.165, 1.54) is 25.1 Å². The van der Waals surface area contributed by atoms with E-state index in [9.17, 15) is 18.0 Å². The van der Waals surface area contributed by atoms with E-state index in [0.29, 0.717) is 16.4 Å². The molecule has 0 aromatic heterocycles. The fourth-order valence-corrected chi connectivity index (χ4v) is 4.39. The number of benzene rings is 2. The standard InChI is InChI=1S/C19H19ClN2O5S/c1-11-7-13(20)3-5-15(11)21-18(23)8-12(2)28(25,26)14-4-6-16-17(9-14)27-10-19(24)22-16/h3-7,9,12H,8,10H2,1-2H3,(H,21,23)(H,22,24). The van der Waals surface area contributed by atoms with Crippen molar-refractivity contribution in [3.8, 4) is 5.75 Å². The van der Waals surface area contributed by atoms with E-state index >= 15 is 0 Å². The first-order chi connectivity index (χ1) is 13.2. The van der Waals surface area contributed by atoms with Crippen LogP contribution in [0.4, 0.5) is 11.4 Å². The lowest BCUT2D eigenvalue weighted by Crippen LogP contribution is -2.27. The molecule has 2 aromatic rings. The Morgan fingerprint density at radius 1 is 1.29 bits per heavy atom. The minimum absolute atomic E-state index is 0.0328. The SMILES string of the molecule is Cc1cc(Cl)ccc1NC(=O)CC(C)S(=O)(=O)c1ccc2c(c1)OCC(=O)N2. The number of sulfone groups is 1. The minimum Gasteiger partial charge on any atom is -0.482 e. The highest BCUT2D eigenvalue weighted by atomic mass is 35.5. The van der Waals surface area contributed by atoms with Gasteiger partial charge in [0.25, 0.3) is 5.91 Å². The van der Waals surface area contributed by atoms with Gasteiger partial charge in [-0.05, 0) is 49.7 Å². The third-order valence-corrected chi connectivity index (χ3v) is 6.75. The predicted octanol–water partition coefficient (Wildman–Crippen LogP) is 3.17. The van der Waals surface area contributed by atoms with Gasteiger partial charge in [0.2, 0.25) is 5.91 Å². The van der Waals surface area contributed by atoms with E-state index < -0.39 is 21.0 Å². The molecule has 1 aliphatic rings. The molecule has 1 atom stereocenters. The number of ether oxygens (including phenoxy) is 1. The number of amides is 2. The molecule has 0 saturated carbocycles. The Morgan fingerprint density at radius 2 is 2.04 bits per heavy atom. The van der Waals surface area contributed by atoms with Gasteiger partial charge in [0.15, 0.2) is 16.4 Å². The summed E-state index contributed by atoms with van der Waals surface area (Å²) in [6.07, 6.45) is -0.209. The normalized spacial score (nSPS) is 14.5. The summed E-state index contributed by atoms with van der Waals surface area (Å²) in [7, 11) is -3.76. The second-order valence-corrected chi connectivity index (χ2v) is 9.36. The molecule has 2 N–H and O–H groups in total. The molecule has 0 bridgehead atoms. The van der Waals surface area contributed by atoms with Crippen LogP contribution in [0.5, 0.6) is 5.75 Å². The molecule has 1 unspecified atom stereocenters. The van der Waals surface area contributed by atoms with Crippen LogP contribution in [0.1, 0.15) is 18.9 Å². The van der Waals surface area contributed by atoms with Crippen molar-refractivity contribution in [2.45, 2.75) is 30.4 Å². The van der Waals surface area contributed by atoms with Gasteiger partial charge in [-0.2, -0.15) is 0 Å². The van der Waals surface area contributed by atoms with Gasteiger partial charge in [-0.25, -0.2) is 8.42 Å². The highest BCUT2D eigenvalue weighted by Gasteiger charge is 2.28. The Hall–Kier alpha value is -2.58. The Labute approximate surface area is 168 Å². The van der Waals surface area contributed by atoms with Crippen LogP contribution >= 0.6 is 11.6 Å². The van der Waals surface area contributed by atoms with Crippen molar-refractivity contribution in [2.24, 2.45) is 0 Å². The van der Waals surface area contributed by atoms with Gasteiger partial charge in [-0.15, -0.1) is 0 Å². The third kappa shape index (κ3) is 4.28. The number of anilines is 2. The highest BCUT2D eigenvalue weighted by Crippen LogP contribution is 2.32. The number of rotatable bonds is 5. The molecule has 1 heterocycles. The molecule has 0 aliphatic carbocycles. The summed E-state index contributed by atoms with van der Waals surface area (Å²) in [5, 5.41) is 4.92. The molecule has 0 spiro atoms. The molecule has 3 rings (SSSR count). The van der Waals surface area contributed by atoms with E-state index in [1.54, 1.807) is 25.1 Å². The lowest BCUT2D eigenvalue weighted by molar-refractivity contribution is -0.118. The summed E-state index contributed by atoms with van der Waals surface area (Å²) in [6, 6.07) is 9.26. The Kier molecular flexibility index (Phi) is 5.62. The van der Waals surface area contributed by atoms with Crippen molar-refractivity contribution < 1.29 is 22.7 Å². The third-order valence-electron chi connectivity index (χ3n) is 4.38. The molecule has 9 heteroatoms. The largest absolute Gasteiger partial charge is 0.482 e. The molecule has 148 valence electrons. The van der Waals surface area contributed by atoms with E-state index in [2.05, 4.69) is 10.6 Å². The first-order valence-corrected chi connectivity index (χ1v) is 10.5. The molecule has 28 heavy (non-hydrogen) atoms. The van der Waals surface area contributed by atoms with Crippen molar-refractivity contribution >= 4 is 44.6 Å². The smallest absolute Gasteiger partial charge is 0.262 e. The number of halogens is 1. The number of fused-ring (bicyclic) bond motifs is 1. The van der Waals surface area contributed by atoms with Crippen molar-refractivity contribution in [1.82, 2.24) is 0 Å². The fraction of sp³-hybridized carbons (Fsp3) is 0.263. The van der Waals surface area contributed by atoms with Gasteiger partial charge in [0.1, 0.15) is 5.75 Å². The summed E-state index contributed by atoms with van der Waals surface area (Å²) in [5.41, 5.74) is 1.78. The molecule has 0 saturated heterocycles. The summed E-state index contributed by atoms with van der Waals surface area (Å²) < 4.78 is 31.0. The van der Waals surface area contributed by atoms with Crippen LogP contribution in [-0.4, -0.2) is 32.1 Å². The maximum atomic E-state index is 12.8. The monoisotopic (exact) mass is 422 g/mol. The van der Waals surface area contributed by atoms with Gasteiger partial charge in [0, 0.05) is 23.2 Å². The van der Waals surface area contributed by atoms with Crippen molar-refractivity contribution in [3.05, 3.63) is 47.0 Å². The van der Waals surface area contributed by atoms with Crippen LogP contribution in [0.2, 0.25) is 5.02 Å². The van der Waals surface area contributed by atoms with E-state index in [-0.39, 0.29) is 29.6 Å². The Balaban J connectivity index is 1.73. The number of nitrogens with one attached hydrogen (secondary N) is 2. The van der Waals surface area contributed by atoms with Gasteiger partial charge >= 0.3 is 0 Å². The molecule has 0 radical (unpaired) electrons. The van der Waals surface area contributed by atoms with Crippen LogP contribution in [0, 0.1) is 6.92 Å². The van der Waals surface area contributed by atoms with E-state index in [4.69, 9.17) is 16.3 Å². The van der Waals surface area contributed by atoms with Crippen molar-refractivity contribution in [2.75, 3.05) is 17.2 Å². The van der Waals surface area contributed by atoms with Gasteiger partial charge in [-0.1, -0.05) is 11.6 Å². The number of hydrogen-bond acceptors (Lipinski definition) is 5. The summed E-state index contributed by atoms with van der Waals surface area (Å²) in [4.78, 5) is 23.7. The predicted molar refractivity (Wildman–Crippen MR) is 107 cm³/mol. The van der Waals surface area contributed by atoms with Crippen LogP contribution in [0.15, 0.2) is 41.3 Å². The average Bonchev–Trinajstić information content (AvgIpc) is 2.63. The van der Waals surface area contributed by atoms with Crippen LogP contribution in [-0.2, 0) is 19.4 Å². The molecule has 0 fully saturated rings. The zero-order valence-electron chi connectivity index (χ0n) is 15.3. The zero-order chi connectivity index (χ0) is 20.5. The van der Waals surface area contributed by atoms with Crippen molar-refractivity contribution in [3.63, 3.8) is 0 Å². The Bertz CT molecular complexity index is 1050. The average molecular weight is 423 g/mol. The minimum atomic E-state index is -3.76. The van der Waals surface area contributed by atoms with Gasteiger partial charge in [0.05, 0.1) is 15.8 Å². The first-order valence-electron chi connectivity index (χ1n) is 8.53. The second kappa shape index (κ2) is 7.81. The van der Waals surface area contributed by atoms with Gasteiger partial charge in [-0.3, -0.25) is 9.59 Å². The van der Waals surface area contributed by atoms with Crippen LogP contribution in [0.3, 0.4) is 0 Å². The lowest BCUT2D eigenvalue weighted by atomic mass is 10.2. The molecular weight excluding hydrogens is 404 g/mol. The van der Waals surface area contributed by atoms with E-state index in [0.717, 1.165) is 5.56 Å². The summed E-state index contributed by atoms with van der Waals surface area (Å²) in [6.45, 7) is 3.11. The maximum Gasteiger partial charge on any atom is 0.262 e. The van der Waals surface area contributed by atoms with Crippen molar-refractivity contribution in [1.29, 1.82) is 0 Å². The second-order valence-electron chi connectivity index (χ2n) is 6.56. The van der Waals surface area contributed by atoms with E-state index in [1.807, 2.05) is 0 Å². The molecular formula is C19H19ClN2O5S. The quantitative estimate of drug-likeness (QED) is 0.770. The number of carbonyl (C=O) groups excluding carboxylic acids is 2.